The number of carbonyl (C=O) groups is 1. The molecule has 1 rings (SSSR count). The highest BCUT2D eigenvalue weighted by Gasteiger charge is 2.09. The smallest absolute Gasteiger partial charge is 0.317 e. The second kappa shape index (κ2) is 5.72. The Bertz CT molecular complexity index is 274. The van der Waals surface area contributed by atoms with Crippen LogP contribution in [0.4, 0.5) is 0 Å². The first-order valence-corrected chi connectivity index (χ1v) is 5.49. The number of thiazole rings is 1. The monoisotopic (exact) mass is 214 g/mol. The first kappa shape index (κ1) is 11.1. The highest BCUT2D eigenvalue weighted by atomic mass is 32.1. The van der Waals surface area contributed by atoms with E-state index in [-0.39, 0.29) is 12.6 Å². The lowest BCUT2D eigenvalue weighted by Gasteiger charge is -2.13. The Morgan fingerprint density at radius 2 is 2.57 bits per heavy atom. The third-order valence-electron chi connectivity index (χ3n) is 1.97. The molecule has 2 N–H and O–H groups in total. The first-order valence-electron chi connectivity index (χ1n) is 4.54. The molecule has 0 fully saturated rings. The van der Waals surface area contributed by atoms with Crippen LogP contribution in [0.5, 0.6) is 0 Å². The molecule has 0 saturated carbocycles. The summed E-state index contributed by atoms with van der Waals surface area (Å²) in [5.41, 5.74) is 2.82. The minimum absolute atomic E-state index is 0.0165. The number of hydrogen-bond donors (Lipinski definition) is 2. The van der Waals surface area contributed by atoms with Crippen LogP contribution < -0.4 is 5.32 Å². The Morgan fingerprint density at radius 1 is 1.79 bits per heavy atom. The molecule has 0 bridgehead atoms. The van der Waals surface area contributed by atoms with E-state index in [9.17, 15) is 4.79 Å². The van der Waals surface area contributed by atoms with Gasteiger partial charge in [-0.3, -0.25) is 4.79 Å². The zero-order valence-electron chi connectivity index (χ0n) is 8.06. The lowest BCUT2D eigenvalue weighted by Crippen LogP contribution is -2.34. The van der Waals surface area contributed by atoms with Crippen LogP contribution in [-0.2, 0) is 11.2 Å². The standard InChI is InChI=1S/C9H14N2O2S/c1-2-7(10-4-9(12)13)3-8-5-14-6-11-8/h5-7,10H,2-4H2,1H3,(H,12,13). The third kappa shape index (κ3) is 3.85. The Morgan fingerprint density at radius 3 is 3.07 bits per heavy atom. The predicted molar refractivity (Wildman–Crippen MR) is 55.5 cm³/mol. The summed E-state index contributed by atoms with van der Waals surface area (Å²) in [5.74, 6) is -0.818. The van der Waals surface area contributed by atoms with E-state index in [0.717, 1.165) is 18.5 Å². The highest BCUT2D eigenvalue weighted by molar-refractivity contribution is 7.07. The average molecular weight is 214 g/mol. The van der Waals surface area contributed by atoms with E-state index in [1.54, 1.807) is 16.8 Å². The second-order valence-corrected chi connectivity index (χ2v) is 3.78. The van der Waals surface area contributed by atoms with Crippen LogP contribution in [0.25, 0.3) is 0 Å². The fourth-order valence-electron chi connectivity index (χ4n) is 1.18. The largest absolute Gasteiger partial charge is 0.480 e. The molecule has 0 saturated heterocycles. The number of nitrogens with one attached hydrogen (secondary N) is 1. The number of aromatic nitrogens is 1. The molecule has 1 aromatic heterocycles. The van der Waals surface area contributed by atoms with Gasteiger partial charge in [0, 0.05) is 17.8 Å². The molecule has 0 aliphatic rings. The van der Waals surface area contributed by atoms with Crippen LogP contribution in [0.1, 0.15) is 19.0 Å². The maximum Gasteiger partial charge on any atom is 0.317 e. The van der Waals surface area contributed by atoms with Crippen LogP contribution >= 0.6 is 11.3 Å². The molecule has 0 aliphatic carbocycles. The van der Waals surface area contributed by atoms with Crippen molar-refractivity contribution in [3.05, 3.63) is 16.6 Å². The van der Waals surface area contributed by atoms with Crippen LogP contribution in [0, 0.1) is 0 Å². The summed E-state index contributed by atoms with van der Waals surface area (Å²) in [6.07, 6.45) is 1.71. The summed E-state index contributed by atoms with van der Waals surface area (Å²) in [6.45, 7) is 2.05. The number of rotatable bonds is 6. The van der Waals surface area contributed by atoms with Crippen molar-refractivity contribution in [1.82, 2.24) is 10.3 Å². The molecule has 1 unspecified atom stereocenters. The van der Waals surface area contributed by atoms with Crippen molar-refractivity contribution in [2.75, 3.05) is 6.54 Å². The molecule has 14 heavy (non-hydrogen) atoms. The molecular formula is C9H14N2O2S. The number of carboxylic acids is 1. The van der Waals surface area contributed by atoms with Gasteiger partial charge in [-0.25, -0.2) is 4.98 Å². The van der Waals surface area contributed by atoms with Gasteiger partial charge in [-0.2, -0.15) is 0 Å². The topological polar surface area (TPSA) is 62.2 Å². The van der Waals surface area contributed by atoms with Gasteiger partial charge in [-0.05, 0) is 6.42 Å². The minimum atomic E-state index is -0.818. The van der Waals surface area contributed by atoms with E-state index in [2.05, 4.69) is 10.3 Å². The molecule has 78 valence electrons. The molecule has 0 radical (unpaired) electrons. The zero-order chi connectivity index (χ0) is 10.4. The number of aliphatic carboxylic acids is 1. The maximum atomic E-state index is 10.3. The van der Waals surface area contributed by atoms with Crippen molar-refractivity contribution < 1.29 is 9.90 Å². The average Bonchev–Trinajstić information content (AvgIpc) is 2.64. The quantitative estimate of drug-likeness (QED) is 0.745. The number of hydrogen-bond acceptors (Lipinski definition) is 4. The van der Waals surface area contributed by atoms with Crippen molar-refractivity contribution in [1.29, 1.82) is 0 Å². The molecular weight excluding hydrogens is 200 g/mol. The summed E-state index contributed by atoms with van der Waals surface area (Å²) in [6, 6.07) is 0.202. The van der Waals surface area contributed by atoms with E-state index in [4.69, 9.17) is 5.11 Å². The van der Waals surface area contributed by atoms with E-state index in [0.29, 0.717) is 0 Å². The third-order valence-corrected chi connectivity index (χ3v) is 2.61. The van der Waals surface area contributed by atoms with Gasteiger partial charge in [0.15, 0.2) is 0 Å². The molecule has 0 amide bonds. The summed E-state index contributed by atoms with van der Waals surface area (Å²) < 4.78 is 0. The van der Waals surface area contributed by atoms with Gasteiger partial charge in [0.2, 0.25) is 0 Å². The molecule has 0 aliphatic heterocycles. The van der Waals surface area contributed by atoms with Gasteiger partial charge in [-0.15, -0.1) is 11.3 Å². The van der Waals surface area contributed by atoms with Crippen LogP contribution in [0.3, 0.4) is 0 Å². The van der Waals surface area contributed by atoms with Crippen molar-refractivity contribution in [3.8, 4) is 0 Å². The molecule has 1 atom stereocenters. The minimum Gasteiger partial charge on any atom is -0.480 e. The summed E-state index contributed by atoms with van der Waals surface area (Å²) in [5, 5.41) is 13.5. The second-order valence-electron chi connectivity index (χ2n) is 3.06. The van der Waals surface area contributed by atoms with Crippen molar-refractivity contribution in [2.24, 2.45) is 0 Å². The van der Waals surface area contributed by atoms with Gasteiger partial charge in [-0.1, -0.05) is 6.92 Å². The Labute approximate surface area is 87.0 Å². The van der Waals surface area contributed by atoms with Gasteiger partial charge >= 0.3 is 5.97 Å². The molecule has 1 heterocycles. The van der Waals surface area contributed by atoms with Crippen molar-refractivity contribution >= 4 is 17.3 Å². The molecule has 0 aromatic carbocycles. The van der Waals surface area contributed by atoms with E-state index < -0.39 is 5.97 Å². The van der Waals surface area contributed by atoms with E-state index in [1.165, 1.54) is 0 Å². The highest BCUT2D eigenvalue weighted by Crippen LogP contribution is 2.06. The van der Waals surface area contributed by atoms with Crippen LogP contribution in [-0.4, -0.2) is 28.6 Å². The molecule has 4 nitrogen and oxygen atoms in total. The van der Waals surface area contributed by atoms with Crippen molar-refractivity contribution in [3.63, 3.8) is 0 Å². The lowest BCUT2D eigenvalue weighted by atomic mass is 10.1. The van der Waals surface area contributed by atoms with E-state index in [1.807, 2.05) is 12.3 Å². The maximum absolute atomic E-state index is 10.3. The number of nitrogens with zero attached hydrogens (tertiary/aromatic N) is 1. The Balaban J connectivity index is 2.35. The summed E-state index contributed by atoms with van der Waals surface area (Å²) in [4.78, 5) is 14.5. The normalized spacial score (nSPS) is 12.6. The zero-order valence-corrected chi connectivity index (χ0v) is 8.88. The molecule has 5 heteroatoms. The van der Waals surface area contributed by atoms with E-state index >= 15 is 0 Å². The summed E-state index contributed by atoms with van der Waals surface area (Å²) in [7, 11) is 0. The lowest BCUT2D eigenvalue weighted by molar-refractivity contribution is -0.136. The Kier molecular flexibility index (Phi) is 4.55. The number of carboxylic acid groups (broad SMARTS) is 1. The summed E-state index contributed by atoms with van der Waals surface area (Å²) >= 11 is 1.56. The van der Waals surface area contributed by atoms with Gasteiger partial charge in [0.05, 0.1) is 17.7 Å². The molecule has 1 aromatic rings. The van der Waals surface area contributed by atoms with Gasteiger partial charge < -0.3 is 10.4 Å². The Hall–Kier alpha value is -0.940. The van der Waals surface area contributed by atoms with Crippen molar-refractivity contribution in [2.45, 2.75) is 25.8 Å². The van der Waals surface area contributed by atoms with Gasteiger partial charge in [0.25, 0.3) is 0 Å². The molecule has 0 spiro atoms. The first-order chi connectivity index (χ1) is 6.72. The van der Waals surface area contributed by atoms with Gasteiger partial charge in [0.1, 0.15) is 0 Å². The van der Waals surface area contributed by atoms with Crippen LogP contribution in [0.2, 0.25) is 0 Å². The fourth-order valence-corrected chi connectivity index (χ4v) is 1.75. The van der Waals surface area contributed by atoms with Crippen LogP contribution in [0.15, 0.2) is 10.9 Å². The SMILES string of the molecule is CCC(Cc1cscn1)NCC(=O)O. The fraction of sp³-hybridized carbons (Fsp3) is 0.556. The predicted octanol–water partition coefficient (Wildman–Crippen LogP) is 1.14.